The van der Waals surface area contributed by atoms with E-state index in [1.165, 1.54) is 42.1 Å². The highest BCUT2D eigenvalue weighted by Gasteiger charge is 2.15. The molecule has 7 heteroatoms. The third-order valence-electron chi connectivity index (χ3n) is 3.84. The van der Waals surface area contributed by atoms with E-state index in [-0.39, 0.29) is 17.7 Å². The lowest BCUT2D eigenvalue weighted by atomic mass is 10.1. The van der Waals surface area contributed by atoms with Gasteiger partial charge in [0.25, 0.3) is 0 Å². The summed E-state index contributed by atoms with van der Waals surface area (Å²) < 4.78 is 33.7. The highest BCUT2D eigenvalue weighted by atomic mass is 19.1. The van der Waals surface area contributed by atoms with Gasteiger partial charge in [-0.2, -0.15) is 0 Å². The van der Waals surface area contributed by atoms with Gasteiger partial charge in [-0.3, -0.25) is 4.79 Å². The number of halogens is 2. The van der Waals surface area contributed by atoms with Crippen molar-refractivity contribution in [2.24, 2.45) is 0 Å². The molecule has 0 aliphatic heterocycles. The molecular formula is C18H13F2NO4. The molecule has 5 nitrogen and oxygen atoms in total. The first-order valence-corrected chi connectivity index (χ1v) is 7.29. The third kappa shape index (κ3) is 3.08. The molecule has 3 aromatic rings. The van der Waals surface area contributed by atoms with Gasteiger partial charge in [0.2, 0.25) is 5.43 Å². The molecule has 0 atom stereocenters. The summed E-state index contributed by atoms with van der Waals surface area (Å²) in [5, 5.41) is 9.17. The Balaban J connectivity index is 2.18. The van der Waals surface area contributed by atoms with Crippen molar-refractivity contribution in [1.82, 2.24) is 4.57 Å². The first-order chi connectivity index (χ1) is 11.9. The van der Waals surface area contributed by atoms with Crippen LogP contribution in [0.3, 0.4) is 0 Å². The third-order valence-corrected chi connectivity index (χ3v) is 3.84. The van der Waals surface area contributed by atoms with E-state index in [4.69, 9.17) is 4.74 Å². The molecule has 1 heterocycles. The molecule has 0 amide bonds. The van der Waals surface area contributed by atoms with Crippen molar-refractivity contribution in [3.8, 4) is 5.75 Å². The quantitative estimate of drug-likeness (QED) is 0.789. The van der Waals surface area contributed by atoms with Crippen molar-refractivity contribution in [2.45, 2.75) is 6.54 Å². The van der Waals surface area contributed by atoms with Crippen molar-refractivity contribution >= 4 is 16.9 Å². The Morgan fingerprint density at radius 3 is 2.60 bits per heavy atom. The maximum Gasteiger partial charge on any atom is 0.341 e. The van der Waals surface area contributed by atoms with Gasteiger partial charge < -0.3 is 14.4 Å². The Morgan fingerprint density at radius 2 is 1.96 bits per heavy atom. The molecule has 0 radical (unpaired) electrons. The van der Waals surface area contributed by atoms with Crippen molar-refractivity contribution in [2.75, 3.05) is 7.11 Å². The predicted octanol–water partition coefficient (Wildman–Crippen LogP) is 3.03. The van der Waals surface area contributed by atoms with Crippen LogP contribution in [0.5, 0.6) is 5.75 Å². The Labute approximate surface area is 140 Å². The van der Waals surface area contributed by atoms with E-state index < -0.39 is 28.6 Å². The van der Waals surface area contributed by atoms with Crippen molar-refractivity contribution in [3.63, 3.8) is 0 Å². The van der Waals surface area contributed by atoms with Crippen molar-refractivity contribution in [3.05, 3.63) is 75.6 Å². The summed E-state index contributed by atoms with van der Waals surface area (Å²) in [6, 6.07) is 7.88. The van der Waals surface area contributed by atoms with Gasteiger partial charge in [-0.05, 0) is 35.9 Å². The van der Waals surface area contributed by atoms with Crippen LogP contribution >= 0.6 is 0 Å². The molecule has 0 unspecified atom stereocenters. The molecule has 25 heavy (non-hydrogen) atoms. The van der Waals surface area contributed by atoms with Gasteiger partial charge in [0.15, 0.2) is 11.6 Å². The monoisotopic (exact) mass is 345 g/mol. The van der Waals surface area contributed by atoms with E-state index >= 15 is 0 Å². The lowest BCUT2D eigenvalue weighted by Gasteiger charge is -2.13. The second-order valence-corrected chi connectivity index (χ2v) is 5.44. The first-order valence-electron chi connectivity index (χ1n) is 7.29. The van der Waals surface area contributed by atoms with Crippen LogP contribution in [0.25, 0.3) is 10.9 Å². The first kappa shape index (κ1) is 16.6. The van der Waals surface area contributed by atoms with Crippen LogP contribution in [0.4, 0.5) is 8.78 Å². The number of carbonyl (C=O) groups is 1. The zero-order chi connectivity index (χ0) is 18.1. The highest BCUT2D eigenvalue weighted by Crippen LogP contribution is 2.20. The van der Waals surface area contributed by atoms with Crippen LogP contribution in [0, 0.1) is 11.6 Å². The molecule has 0 saturated heterocycles. The fourth-order valence-corrected chi connectivity index (χ4v) is 2.66. The minimum absolute atomic E-state index is 0.0473. The zero-order valence-electron chi connectivity index (χ0n) is 13.1. The van der Waals surface area contributed by atoms with Gasteiger partial charge in [-0.1, -0.05) is 6.07 Å². The molecule has 0 aliphatic carbocycles. The van der Waals surface area contributed by atoms with E-state index in [2.05, 4.69) is 0 Å². The number of aromatic carboxylic acids is 1. The molecule has 1 N–H and O–H groups in total. The largest absolute Gasteiger partial charge is 0.494 e. The number of methoxy groups -OCH3 is 1. The second-order valence-electron chi connectivity index (χ2n) is 5.44. The lowest BCUT2D eigenvalue weighted by Crippen LogP contribution is -2.19. The number of ether oxygens (including phenoxy) is 1. The molecular weight excluding hydrogens is 332 g/mol. The average molecular weight is 345 g/mol. The summed E-state index contributed by atoms with van der Waals surface area (Å²) in [6.45, 7) is 0.101. The fraction of sp³-hybridized carbons (Fsp3) is 0.111. The van der Waals surface area contributed by atoms with Crippen LogP contribution in [0.1, 0.15) is 15.9 Å². The molecule has 0 saturated carbocycles. The summed E-state index contributed by atoms with van der Waals surface area (Å²) in [6.07, 6.45) is 1.17. The van der Waals surface area contributed by atoms with Gasteiger partial charge in [0.05, 0.1) is 12.6 Å². The molecule has 0 spiro atoms. The van der Waals surface area contributed by atoms with E-state index in [1.54, 1.807) is 6.07 Å². The van der Waals surface area contributed by atoms with Crippen LogP contribution in [-0.2, 0) is 6.54 Å². The zero-order valence-corrected chi connectivity index (χ0v) is 13.1. The van der Waals surface area contributed by atoms with E-state index in [9.17, 15) is 23.5 Å². The molecule has 3 rings (SSSR count). The Hall–Kier alpha value is -3.22. The fourth-order valence-electron chi connectivity index (χ4n) is 2.66. The number of carboxylic acids is 1. The van der Waals surface area contributed by atoms with E-state index in [1.807, 2.05) is 0 Å². The molecule has 1 aromatic heterocycles. The van der Waals surface area contributed by atoms with Crippen LogP contribution in [-0.4, -0.2) is 22.8 Å². The van der Waals surface area contributed by atoms with Gasteiger partial charge in [0, 0.05) is 18.1 Å². The second kappa shape index (κ2) is 6.35. The summed E-state index contributed by atoms with van der Waals surface area (Å²) >= 11 is 0. The number of carboxylic acid groups (broad SMARTS) is 1. The molecule has 0 fully saturated rings. The number of benzene rings is 2. The number of hydrogen-bond donors (Lipinski definition) is 1. The number of fused-ring (bicyclic) bond motifs is 1. The smallest absolute Gasteiger partial charge is 0.341 e. The number of nitrogens with zero attached hydrogens (tertiary/aromatic N) is 1. The number of aromatic nitrogens is 1. The molecule has 128 valence electrons. The standard InChI is InChI=1S/C18H13F2NO4/c1-25-16-5-2-10(6-14(16)20)8-21-9-13(18(23)24)17(22)12-7-11(19)3-4-15(12)21/h2-7,9H,8H2,1H3,(H,23,24). The number of pyridine rings is 1. The summed E-state index contributed by atoms with van der Waals surface area (Å²) in [4.78, 5) is 23.5. The minimum atomic E-state index is -1.41. The lowest BCUT2D eigenvalue weighted by molar-refractivity contribution is 0.0695. The Morgan fingerprint density at radius 1 is 1.20 bits per heavy atom. The van der Waals surface area contributed by atoms with Gasteiger partial charge >= 0.3 is 5.97 Å². The normalized spacial score (nSPS) is 10.8. The maximum absolute atomic E-state index is 13.9. The topological polar surface area (TPSA) is 68.5 Å². The van der Waals surface area contributed by atoms with E-state index in [0.717, 1.165) is 6.07 Å². The average Bonchev–Trinajstić information content (AvgIpc) is 2.57. The predicted molar refractivity (Wildman–Crippen MR) is 87.2 cm³/mol. The number of rotatable bonds is 4. The summed E-state index contributed by atoms with van der Waals surface area (Å²) in [5.74, 6) is -2.53. The Kier molecular flexibility index (Phi) is 4.22. The van der Waals surface area contributed by atoms with Crippen LogP contribution in [0.15, 0.2) is 47.4 Å². The highest BCUT2D eigenvalue weighted by molar-refractivity contribution is 5.92. The molecule has 2 aromatic carbocycles. The number of hydrogen-bond acceptors (Lipinski definition) is 3. The van der Waals surface area contributed by atoms with Crippen molar-refractivity contribution in [1.29, 1.82) is 0 Å². The minimum Gasteiger partial charge on any atom is -0.494 e. The van der Waals surface area contributed by atoms with Crippen LogP contribution in [0.2, 0.25) is 0 Å². The van der Waals surface area contributed by atoms with Gasteiger partial charge in [-0.15, -0.1) is 0 Å². The molecule has 0 bridgehead atoms. The Bertz CT molecular complexity index is 1040. The van der Waals surface area contributed by atoms with Crippen LogP contribution < -0.4 is 10.2 Å². The van der Waals surface area contributed by atoms with Gasteiger partial charge in [0.1, 0.15) is 11.4 Å². The SMILES string of the molecule is COc1ccc(Cn2cc(C(=O)O)c(=O)c3cc(F)ccc32)cc1F. The van der Waals surface area contributed by atoms with E-state index in [0.29, 0.717) is 11.1 Å². The summed E-state index contributed by atoms with van der Waals surface area (Å²) in [7, 11) is 1.35. The van der Waals surface area contributed by atoms with Crippen molar-refractivity contribution < 1.29 is 23.4 Å². The van der Waals surface area contributed by atoms with Gasteiger partial charge in [-0.25, -0.2) is 13.6 Å². The maximum atomic E-state index is 13.9. The summed E-state index contributed by atoms with van der Waals surface area (Å²) in [5.41, 5.74) is -0.359. The molecule has 0 aliphatic rings.